The molecule has 4 heteroatoms. The molecule has 3 N–H and O–H groups in total. The van der Waals surface area contributed by atoms with Crippen molar-refractivity contribution >= 4 is 12.3 Å². The van der Waals surface area contributed by atoms with Crippen LogP contribution in [0.25, 0.3) is 0 Å². The highest BCUT2D eigenvalue weighted by Crippen LogP contribution is 2.05. The molecule has 0 unspecified atom stereocenters. The molecule has 1 aromatic carbocycles. The van der Waals surface area contributed by atoms with Gasteiger partial charge in [-0.2, -0.15) is 0 Å². The first kappa shape index (κ1) is 10.2. The van der Waals surface area contributed by atoms with Crippen LogP contribution in [-0.2, 0) is 22.6 Å². The Balaban J connectivity index is 2.58. The highest BCUT2D eigenvalue weighted by molar-refractivity contribution is 5.79. The van der Waals surface area contributed by atoms with E-state index in [1.54, 1.807) is 0 Å². The molecule has 0 aromatic heterocycles. The van der Waals surface area contributed by atoms with Crippen LogP contribution in [0.5, 0.6) is 0 Å². The second kappa shape index (κ2) is 5.01. The van der Waals surface area contributed by atoms with Crippen molar-refractivity contribution < 1.29 is 9.53 Å². The third-order valence-corrected chi connectivity index (χ3v) is 1.74. The molecule has 1 aromatic rings. The van der Waals surface area contributed by atoms with Gasteiger partial charge in [0.2, 0.25) is 0 Å². The SMILES string of the molecule is N=C(N)Cc1ccc(COC=O)cc1. The Morgan fingerprint density at radius 1 is 1.36 bits per heavy atom. The lowest BCUT2D eigenvalue weighted by Crippen LogP contribution is -2.12. The normalized spacial score (nSPS) is 9.43. The second-order valence-electron chi connectivity index (χ2n) is 2.93. The summed E-state index contributed by atoms with van der Waals surface area (Å²) < 4.78 is 4.59. The van der Waals surface area contributed by atoms with E-state index in [9.17, 15) is 4.79 Å². The predicted octanol–water partition coefficient (Wildman–Crippen LogP) is 0.838. The Hall–Kier alpha value is -1.84. The molecule has 0 amide bonds. The van der Waals surface area contributed by atoms with Crippen molar-refractivity contribution in [3.8, 4) is 0 Å². The molecule has 0 atom stereocenters. The van der Waals surface area contributed by atoms with Crippen LogP contribution >= 0.6 is 0 Å². The van der Waals surface area contributed by atoms with E-state index in [4.69, 9.17) is 11.1 Å². The first-order valence-corrected chi connectivity index (χ1v) is 4.18. The molecule has 14 heavy (non-hydrogen) atoms. The Kier molecular flexibility index (Phi) is 3.67. The van der Waals surface area contributed by atoms with Crippen LogP contribution in [0.4, 0.5) is 0 Å². The monoisotopic (exact) mass is 192 g/mol. The number of ether oxygens (including phenoxy) is 1. The van der Waals surface area contributed by atoms with Gasteiger partial charge in [0.05, 0.1) is 5.84 Å². The standard InChI is InChI=1S/C10H12N2O2/c11-10(12)5-8-1-3-9(4-2-8)6-14-7-13/h1-4,7H,5-6H2,(H3,11,12). The highest BCUT2D eigenvalue weighted by atomic mass is 16.5. The zero-order chi connectivity index (χ0) is 10.4. The van der Waals surface area contributed by atoms with Crippen LogP contribution in [-0.4, -0.2) is 12.3 Å². The summed E-state index contributed by atoms with van der Waals surface area (Å²) in [5, 5.41) is 7.10. The van der Waals surface area contributed by atoms with Gasteiger partial charge in [0.1, 0.15) is 6.61 Å². The molecule has 1 rings (SSSR count). The lowest BCUT2D eigenvalue weighted by molar-refractivity contribution is -0.129. The van der Waals surface area contributed by atoms with Crippen molar-refractivity contribution in [2.24, 2.45) is 5.73 Å². The van der Waals surface area contributed by atoms with Gasteiger partial charge in [-0.25, -0.2) is 0 Å². The van der Waals surface area contributed by atoms with Gasteiger partial charge in [-0.05, 0) is 11.1 Å². The summed E-state index contributed by atoms with van der Waals surface area (Å²) in [6, 6.07) is 7.43. The fourth-order valence-corrected chi connectivity index (χ4v) is 1.10. The van der Waals surface area contributed by atoms with E-state index in [1.165, 1.54) is 0 Å². The number of nitrogens with one attached hydrogen (secondary N) is 1. The zero-order valence-corrected chi connectivity index (χ0v) is 7.69. The number of carbonyl (C=O) groups is 1. The number of carbonyl (C=O) groups excluding carboxylic acids is 1. The zero-order valence-electron chi connectivity index (χ0n) is 7.69. The molecular formula is C10H12N2O2. The quantitative estimate of drug-likeness (QED) is 0.412. The molecule has 4 nitrogen and oxygen atoms in total. The van der Waals surface area contributed by atoms with E-state index in [0.29, 0.717) is 12.9 Å². The van der Waals surface area contributed by atoms with Crippen LogP contribution < -0.4 is 5.73 Å². The van der Waals surface area contributed by atoms with Gasteiger partial charge in [0.15, 0.2) is 0 Å². The molecule has 0 aliphatic heterocycles. The Labute approximate surface area is 82.2 Å². The maximum atomic E-state index is 9.92. The topological polar surface area (TPSA) is 76.2 Å². The van der Waals surface area contributed by atoms with E-state index in [2.05, 4.69) is 4.74 Å². The van der Waals surface area contributed by atoms with Crippen molar-refractivity contribution in [3.05, 3.63) is 35.4 Å². The van der Waals surface area contributed by atoms with E-state index in [-0.39, 0.29) is 12.4 Å². The summed E-state index contributed by atoms with van der Waals surface area (Å²) >= 11 is 0. The van der Waals surface area contributed by atoms with Crippen molar-refractivity contribution in [2.75, 3.05) is 0 Å². The fourth-order valence-electron chi connectivity index (χ4n) is 1.10. The van der Waals surface area contributed by atoms with Crippen LogP contribution in [0, 0.1) is 5.41 Å². The average molecular weight is 192 g/mol. The Morgan fingerprint density at radius 2 is 1.93 bits per heavy atom. The summed E-state index contributed by atoms with van der Waals surface area (Å²) in [7, 11) is 0. The Bertz CT molecular complexity index is 319. The number of hydrogen-bond donors (Lipinski definition) is 2. The molecule has 0 saturated carbocycles. The second-order valence-corrected chi connectivity index (χ2v) is 2.93. The molecular weight excluding hydrogens is 180 g/mol. The lowest BCUT2D eigenvalue weighted by atomic mass is 10.1. The first-order valence-electron chi connectivity index (χ1n) is 4.18. The van der Waals surface area contributed by atoms with Crippen LogP contribution in [0.15, 0.2) is 24.3 Å². The van der Waals surface area contributed by atoms with Crippen LogP contribution in [0.3, 0.4) is 0 Å². The van der Waals surface area contributed by atoms with Crippen molar-refractivity contribution in [3.63, 3.8) is 0 Å². The summed E-state index contributed by atoms with van der Waals surface area (Å²) in [5.74, 6) is 0.141. The molecule has 0 aliphatic rings. The first-order chi connectivity index (χ1) is 6.72. The minimum Gasteiger partial charge on any atom is -0.463 e. The summed E-state index contributed by atoms with van der Waals surface area (Å²) in [4.78, 5) is 9.92. The largest absolute Gasteiger partial charge is 0.463 e. The minimum absolute atomic E-state index is 0.141. The summed E-state index contributed by atoms with van der Waals surface area (Å²) in [5.41, 5.74) is 7.15. The molecule has 0 fully saturated rings. The van der Waals surface area contributed by atoms with Crippen LogP contribution in [0.1, 0.15) is 11.1 Å². The number of rotatable bonds is 5. The predicted molar refractivity (Wildman–Crippen MR) is 52.9 cm³/mol. The van der Waals surface area contributed by atoms with Gasteiger partial charge < -0.3 is 10.5 Å². The maximum absolute atomic E-state index is 9.92. The van der Waals surface area contributed by atoms with Gasteiger partial charge >= 0.3 is 0 Å². The smallest absolute Gasteiger partial charge is 0.293 e. The van der Waals surface area contributed by atoms with Crippen molar-refractivity contribution in [1.29, 1.82) is 5.41 Å². The van der Waals surface area contributed by atoms with Gasteiger partial charge in [0.25, 0.3) is 6.47 Å². The average Bonchev–Trinajstić information content (AvgIpc) is 2.16. The minimum atomic E-state index is 0.141. The number of benzene rings is 1. The third-order valence-electron chi connectivity index (χ3n) is 1.74. The van der Waals surface area contributed by atoms with Crippen molar-refractivity contribution in [2.45, 2.75) is 13.0 Å². The van der Waals surface area contributed by atoms with Gasteiger partial charge in [-0.1, -0.05) is 24.3 Å². The molecule has 0 bridgehead atoms. The third kappa shape index (κ3) is 3.26. The molecule has 0 aliphatic carbocycles. The van der Waals surface area contributed by atoms with E-state index in [1.807, 2.05) is 24.3 Å². The molecule has 0 spiro atoms. The molecule has 0 saturated heterocycles. The van der Waals surface area contributed by atoms with Gasteiger partial charge in [-0.3, -0.25) is 10.2 Å². The van der Waals surface area contributed by atoms with Crippen LogP contribution in [0.2, 0.25) is 0 Å². The Morgan fingerprint density at radius 3 is 2.43 bits per heavy atom. The van der Waals surface area contributed by atoms with E-state index >= 15 is 0 Å². The van der Waals surface area contributed by atoms with Gasteiger partial charge in [0, 0.05) is 6.42 Å². The molecule has 74 valence electrons. The summed E-state index contributed by atoms with van der Waals surface area (Å²) in [6.07, 6.45) is 0.453. The van der Waals surface area contributed by atoms with Gasteiger partial charge in [-0.15, -0.1) is 0 Å². The summed E-state index contributed by atoms with van der Waals surface area (Å²) in [6.45, 7) is 0.702. The number of nitrogens with two attached hydrogens (primary N) is 1. The fraction of sp³-hybridized carbons (Fsp3) is 0.200. The maximum Gasteiger partial charge on any atom is 0.293 e. The molecule has 0 heterocycles. The highest BCUT2D eigenvalue weighted by Gasteiger charge is 1.96. The van der Waals surface area contributed by atoms with Crippen molar-refractivity contribution in [1.82, 2.24) is 0 Å². The van der Waals surface area contributed by atoms with E-state index in [0.717, 1.165) is 11.1 Å². The molecule has 0 radical (unpaired) electrons. The number of amidine groups is 1. The number of hydrogen-bond acceptors (Lipinski definition) is 3. The lowest BCUT2D eigenvalue weighted by Gasteiger charge is -2.02. The van der Waals surface area contributed by atoms with E-state index < -0.39 is 0 Å².